The quantitative estimate of drug-likeness (QED) is 0.297. The molecule has 2 aromatic carbocycles. The fourth-order valence-corrected chi connectivity index (χ4v) is 3.72. The van der Waals surface area contributed by atoms with Crippen LogP contribution in [0.5, 0.6) is 5.75 Å². The molecule has 2 aromatic rings. The van der Waals surface area contributed by atoms with Gasteiger partial charge >= 0.3 is 0 Å². The van der Waals surface area contributed by atoms with Gasteiger partial charge in [-0.1, -0.05) is 35.9 Å². The van der Waals surface area contributed by atoms with Crippen LogP contribution in [0.3, 0.4) is 0 Å². The summed E-state index contributed by atoms with van der Waals surface area (Å²) < 4.78 is 11.2. The van der Waals surface area contributed by atoms with Crippen molar-refractivity contribution in [2.24, 2.45) is 0 Å². The summed E-state index contributed by atoms with van der Waals surface area (Å²) in [7, 11) is 0. The van der Waals surface area contributed by atoms with E-state index in [1.165, 1.54) is 6.07 Å². The zero-order valence-electron chi connectivity index (χ0n) is 17.4. The number of aliphatic hydroxyl groups excluding tert-OH is 6. The van der Waals surface area contributed by atoms with Gasteiger partial charge in [0, 0.05) is 11.4 Å². The number of hydrogen-bond acceptors (Lipinski definition) is 8. The molecule has 9 heteroatoms. The van der Waals surface area contributed by atoms with E-state index in [0.29, 0.717) is 30.2 Å². The lowest BCUT2D eigenvalue weighted by atomic mass is 9.93. The van der Waals surface area contributed by atoms with Crippen molar-refractivity contribution in [1.29, 1.82) is 0 Å². The minimum atomic E-state index is -1.87. The third kappa shape index (κ3) is 6.18. The molecule has 6 atom stereocenters. The van der Waals surface area contributed by atoms with E-state index in [1.807, 2.05) is 24.3 Å². The van der Waals surface area contributed by atoms with Gasteiger partial charge in [0.2, 0.25) is 0 Å². The minimum absolute atomic E-state index is 0.0623. The third-order valence-electron chi connectivity index (χ3n) is 5.52. The molecular weight excluding hydrogens is 440 g/mol. The summed E-state index contributed by atoms with van der Waals surface area (Å²) >= 11 is 6.32. The van der Waals surface area contributed by atoms with Crippen LogP contribution in [0.4, 0.5) is 0 Å². The number of aliphatic hydroxyl groups is 6. The number of ether oxygens (including phenoxy) is 2. The molecule has 3 rings (SSSR count). The van der Waals surface area contributed by atoms with Crippen LogP contribution < -0.4 is 4.74 Å². The zero-order valence-corrected chi connectivity index (χ0v) is 18.2. The summed E-state index contributed by atoms with van der Waals surface area (Å²) in [5.74, 6) is 0.750. The SMILES string of the molecule is OC[C@@H](O)[C@@H](O)[C@H](O)[C@@H](O)C(O)c1ccc(Cl)c(Cc2ccc(O[C@H]3CCOC3)cc2)c1. The van der Waals surface area contributed by atoms with Gasteiger partial charge in [-0.15, -0.1) is 0 Å². The van der Waals surface area contributed by atoms with Crippen LogP contribution >= 0.6 is 11.6 Å². The first-order valence-corrected chi connectivity index (χ1v) is 10.8. The van der Waals surface area contributed by atoms with Gasteiger partial charge in [0.15, 0.2) is 0 Å². The molecule has 0 amide bonds. The molecule has 1 aliphatic heterocycles. The Labute approximate surface area is 191 Å². The lowest BCUT2D eigenvalue weighted by Crippen LogP contribution is -2.47. The summed E-state index contributed by atoms with van der Waals surface area (Å²) in [6.45, 7) is 0.490. The summed E-state index contributed by atoms with van der Waals surface area (Å²) in [6.07, 6.45) is -7.31. The molecule has 0 bridgehead atoms. The highest BCUT2D eigenvalue weighted by molar-refractivity contribution is 6.31. The molecule has 0 aliphatic carbocycles. The van der Waals surface area contributed by atoms with E-state index >= 15 is 0 Å². The third-order valence-corrected chi connectivity index (χ3v) is 5.89. The summed E-state index contributed by atoms with van der Waals surface area (Å²) in [5, 5.41) is 59.4. The molecule has 1 unspecified atom stereocenters. The van der Waals surface area contributed by atoms with E-state index in [0.717, 1.165) is 17.7 Å². The smallest absolute Gasteiger partial charge is 0.124 e. The van der Waals surface area contributed by atoms with Gasteiger partial charge in [0.05, 0.1) is 19.8 Å². The fourth-order valence-electron chi connectivity index (χ4n) is 3.54. The molecule has 0 saturated carbocycles. The lowest BCUT2D eigenvalue weighted by molar-refractivity contribution is -0.141. The Morgan fingerprint density at radius 2 is 1.69 bits per heavy atom. The summed E-state index contributed by atoms with van der Waals surface area (Å²) in [4.78, 5) is 0. The van der Waals surface area contributed by atoms with Crippen LogP contribution in [-0.4, -0.2) is 81.0 Å². The van der Waals surface area contributed by atoms with Crippen molar-refractivity contribution in [2.75, 3.05) is 19.8 Å². The zero-order chi connectivity index (χ0) is 23.3. The van der Waals surface area contributed by atoms with E-state index in [9.17, 15) is 25.5 Å². The van der Waals surface area contributed by atoms with Crippen molar-refractivity contribution in [3.8, 4) is 5.75 Å². The van der Waals surface area contributed by atoms with Crippen LogP contribution in [-0.2, 0) is 11.2 Å². The average Bonchev–Trinajstić information content (AvgIpc) is 3.32. The Bertz CT molecular complexity index is 856. The van der Waals surface area contributed by atoms with Gasteiger partial charge in [-0.05, 0) is 41.3 Å². The lowest BCUT2D eigenvalue weighted by Gasteiger charge is -2.28. The Morgan fingerprint density at radius 3 is 2.31 bits per heavy atom. The van der Waals surface area contributed by atoms with Crippen molar-refractivity contribution in [3.05, 3.63) is 64.2 Å². The molecule has 1 heterocycles. The van der Waals surface area contributed by atoms with Crippen LogP contribution in [0.2, 0.25) is 5.02 Å². The van der Waals surface area contributed by atoms with Gasteiger partial charge in [-0.3, -0.25) is 0 Å². The number of rotatable bonds is 10. The Balaban J connectivity index is 1.68. The molecular formula is C23H29ClO8. The number of halogens is 1. The first-order valence-electron chi connectivity index (χ1n) is 10.4. The standard InChI is InChI=1S/C23H29ClO8/c24-18-6-3-14(20(27)22(29)23(30)21(28)19(26)11-25)10-15(18)9-13-1-4-16(5-2-13)32-17-7-8-31-12-17/h1-6,10,17,19-23,25-30H,7-9,11-12H2/t17-,19+,20?,21+,22-,23-/m0/s1. The molecule has 1 aliphatic rings. The molecule has 6 N–H and O–H groups in total. The summed E-state index contributed by atoms with van der Waals surface area (Å²) in [5.41, 5.74) is 1.93. The van der Waals surface area contributed by atoms with Crippen molar-refractivity contribution in [2.45, 2.75) is 49.5 Å². The molecule has 8 nitrogen and oxygen atoms in total. The van der Waals surface area contributed by atoms with Crippen molar-refractivity contribution in [3.63, 3.8) is 0 Å². The number of benzene rings is 2. The fraction of sp³-hybridized carbons (Fsp3) is 0.478. The van der Waals surface area contributed by atoms with Crippen molar-refractivity contribution >= 4 is 11.6 Å². The van der Waals surface area contributed by atoms with Gasteiger partial charge in [-0.25, -0.2) is 0 Å². The van der Waals surface area contributed by atoms with Crippen LogP contribution in [0.25, 0.3) is 0 Å². The van der Waals surface area contributed by atoms with Gasteiger partial charge in [0.1, 0.15) is 42.4 Å². The van der Waals surface area contributed by atoms with Gasteiger partial charge in [0.25, 0.3) is 0 Å². The molecule has 0 spiro atoms. The van der Waals surface area contributed by atoms with E-state index in [4.69, 9.17) is 26.2 Å². The maximum Gasteiger partial charge on any atom is 0.124 e. The first kappa shape index (κ1) is 24.9. The molecule has 1 saturated heterocycles. The van der Waals surface area contributed by atoms with Crippen LogP contribution in [0.15, 0.2) is 42.5 Å². The van der Waals surface area contributed by atoms with Gasteiger partial charge < -0.3 is 40.1 Å². The van der Waals surface area contributed by atoms with E-state index < -0.39 is 37.1 Å². The Kier molecular flexibility index (Phi) is 8.87. The number of hydrogen-bond donors (Lipinski definition) is 6. The molecule has 1 fully saturated rings. The second-order valence-electron chi connectivity index (χ2n) is 7.94. The second-order valence-corrected chi connectivity index (χ2v) is 8.35. The highest BCUT2D eigenvalue weighted by atomic mass is 35.5. The predicted molar refractivity (Wildman–Crippen MR) is 117 cm³/mol. The monoisotopic (exact) mass is 468 g/mol. The molecule has 0 radical (unpaired) electrons. The topological polar surface area (TPSA) is 140 Å². The molecule has 0 aromatic heterocycles. The largest absolute Gasteiger partial charge is 0.488 e. The van der Waals surface area contributed by atoms with Crippen molar-refractivity contribution in [1.82, 2.24) is 0 Å². The highest BCUT2D eigenvalue weighted by Crippen LogP contribution is 2.28. The summed E-state index contributed by atoms with van der Waals surface area (Å²) in [6, 6.07) is 12.2. The van der Waals surface area contributed by atoms with E-state index in [1.54, 1.807) is 12.1 Å². The normalized spacial score (nSPS) is 21.0. The minimum Gasteiger partial charge on any atom is -0.488 e. The molecule has 32 heavy (non-hydrogen) atoms. The van der Waals surface area contributed by atoms with E-state index in [2.05, 4.69) is 0 Å². The first-order chi connectivity index (χ1) is 15.3. The second kappa shape index (κ2) is 11.4. The predicted octanol–water partition coefficient (Wildman–Crippen LogP) is 0.568. The molecule has 176 valence electrons. The Hall–Kier alpha value is -1.75. The maximum absolute atomic E-state index is 10.5. The highest BCUT2D eigenvalue weighted by Gasteiger charge is 2.34. The maximum atomic E-state index is 10.5. The van der Waals surface area contributed by atoms with Crippen molar-refractivity contribution < 1.29 is 40.1 Å². The van der Waals surface area contributed by atoms with Crippen LogP contribution in [0.1, 0.15) is 29.2 Å². The van der Waals surface area contributed by atoms with E-state index in [-0.39, 0.29) is 11.7 Å². The Morgan fingerprint density at radius 1 is 0.969 bits per heavy atom. The van der Waals surface area contributed by atoms with Gasteiger partial charge in [-0.2, -0.15) is 0 Å². The average molecular weight is 469 g/mol. The van der Waals surface area contributed by atoms with Crippen LogP contribution in [0, 0.1) is 0 Å².